The van der Waals surface area contributed by atoms with Crippen LogP contribution in [0.5, 0.6) is 0 Å². The third-order valence-electron chi connectivity index (χ3n) is 3.00. The van der Waals surface area contributed by atoms with Crippen molar-refractivity contribution in [3.05, 3.63) is 21.0 Å². The van der Waals surface area contributed by atoms with Crippen molar-refractivity contribution in [1.29, 1.82) is 0 Å². The van der Waals surface area contributed by atoms with Crippen LogP contribution in [0, 0.1) is 0 Å². The number of carbonyl (C=O) groups is 1. The Bertz CT molecular complexity index is 346. The number of hydrogen-bond donors (Lipinski definition) is 1. The zero-order chi connectivity index (χ0) is 12.8. The molecule has 0 aliphatic heterocycles. The van der Waals surface area contributed by atoms with Crippen molar-refractivity contribution in [3.63, 3.8) is 0 Å². The summed E-state index contributed by atoms with van der Waals surface area (Å²) in [6, 6.07) is 0. The fourth-order valence-corrected chi connectivity index (χ4v) is 15.9. The molecule has 1 N–H and O–H groups in total. The fourth-order valence-electron chi connectivity index (χ4n) is 2.00. The molecule has 109 valence electrons. The molecule has 0 saturated carbocycles. The molecule has 1 amide bonds. The molecule has 2 nitrogen and oxygen atoms in total. The molecule has 0 aromatic heterocycles. The van der Waals surface area contributed by atoms with Crippen LogP contribution in [0.4, 0.5) is 0 Å². The van der Waals surface area contributed by atoms with E-state index in [-0.39, 0.29) is 24.8 Å². The van der Waals surface area contributed by atoms with Crippen LogP contribution in [-0.2, 0) is 26.0 Å². The summed E-state index contributed by atoms with van der Waals surface area (Å²) in [5.74, 6) is -0.380. The van der Waals surface area contributed by atoms with Gasteiger partial charge in [-0.25, -0.2) is 0 Å². The topological polar surface area (TPSA) is 29.1 Å². The Morgan fingerprint density at radius 1 is 1.42 bits per heavy atom. The van der Waals surface area contributed by atoms with E-state index in [4.69, 9.17) is 0 Å². The van der Waals surface area contributed by atoms with Crippen LogP contribution in [0.3, 0.4) is 0 Å². The molecule has 0 radical (unpaired) electrons. The van der Waals surface area contributed by atoms with Crippen molar-refractivity contribution in [1.82, 2.24) is 3.26 Å². The maximum absolute atomic E-state index is 11.9. The summed E-state index contributed by atoms with van der Waals surface area (Å²) in [5.41, 5.74) is 1.38. The summed E-state index contributed by atoms with van der Waals surface area (Å²) in [4.78, 5) is 11.9. The van der Waals surface area contributed by atoms with Crippen LogP contribution < -0.4 is 28.1 Å². The molecule has 0 fully saturated rings. The van der Waals surface area contributed by atoms with Gasteiger partial charge >= 0.3 is 115 Å². The minimum atomic E-state index is -1.77. The van der Waals surface area contributed by atoms with Gasteiger partial charge in [-0.2, -0.15) is 0 Å². The molecule has 0 aromatic rings. The average Bonchev–Trinajstić information content (AvgIpc) is 2.69. The predicted octanol–water partition coefficient (Wildman–Crippen LogP) is -2.95. The van der Waals surface area contributed by atoms with Gasteiger partial charge in [-0.3, -0.25) is 0 Å². The van der Waals surface area contributed by atoms with E-state index in [2.05, 4.69) is 42.4 Å². The Kier molecular flexibility index (Phi) is 13.0. The van der Waals surface area contributed by atoms with E-state index >= 15 is 0 Å². The van der Waals surface area contributed by atoms with Crippen LogP contribution in [-0.4, -0.2) is 11.8 Å². The predicted molar refractivity (Wildman–Crippen MR) is 73.0 cm³/mol. The number of unbranched alkanes of at least 4 members (excludes halogenated alkanes) is 1. The van der Waals surface area contributed by atoms with Gasteiger partial charge in [0.25, 0.3) is 0 Å². The second kappa shape index (κ2) is 11.3. The molecule has 0 atom stereocenters. The van der Waals surface area contributed by atoms with Gasteiger partial charge in [0.15, 0.2) is 0 Å². The minimum Gasteiger partial charge on any atom is -1.00 e. The number of amides is 1. The molecular weight excluding hydrogens is 376 g/mol. The Morgan fingerprint density at radius 3 is 2.47 bits per heavy atom. The van der Waals surface area contributed by atoms with Gasteiger partial charge < -0.3 is 24.8 Å². The third kappa shape index (κ3) is 7.84. The first-order chi connectivity index (χ1) is 8.04. The number of nitrogens with one attached hydrogen (secondary N) is 1. The van der Waals surface area contributed by atoms with Gasteiger partial charge in [0.05, 0.1) is 0 Å². The van der Waals surface area contributed by atoms with Gasteiger partial charge in [-0.1, -0.05) is 0 Å². The molecule has 19 heavy (non-hydrogen) atoms. The van der Waals surface area contributed by atoms with E-state index in [0.717, 1.165) is 25.7 Å². The van der Waals surface area contributed by atoms with Crippen molar-refractivity contribution >= 4 is 11.8 Å². The summed E-state index contributed by atoms with van der Waals surface area (Å²) in [6.45, 7) is 9.08. The van der Waals surface area contributed by atoms with Crippen LogP contribution in [0.1, 0.15) is 39.5 Å². The molecular formula is C13H24Cl2NOSiZr. The standard InChI is InChI=1S/C6H7.C5H11NO.C2H7Si.2ClH.Zr/c1-6-4-2-3-5-6;1-2-3-4-5(6)7;1-3-2;;;/h4-5H,2H2,1H3;2-4H2,1H3,(H2,6,7);3H,1-2H3;2*1H;/q;;;;;+3/p-3. The molecule has 0 heterocycles. The van der Waals surface area contributed by atoms with Crippen LogP contribution in [0.2, 0.25) is 13.1 Å². The first kappa shape index (κ1) is 21.9. The fraction of sp³-hybridized carbons (Fsp3) is 0.615. The Labute approximate surface area is 139 Å². The van der Waals surface area contributed by atoms with E-state index in [1.165, 1.54) is 5.57 Å². The smallest absolute Gasteiger partial charge is 1.00 e. The van der Waals surface area contributed by atoms with Gasteiger partial charge in [0.2, 0.25) is 0 Å². The molecule has 0 bridgehead atoms. The zero-order valence-corrected chi connectivity index (χ0v) is 17.3. The van der Waals surface area contributed by atoms with E-state index in [9.17, 15) is 4.79 Å². The Balaban J connectivity index is 0. The maximum atomic E-state index is 11.9. The van der Waals surface area contributed by atoms with Crippen molar-refractivity contribution in [2.24, 2.45) is 0 Å². The van der Waals surface area contributed by atoms with Crippen molar-refractivity contribution < 1.29 is 50.8 Å². The molecule has 1 aliphatic carbocycles. The van der Waals surface area contributed by atoms with Gasteiger partial charge in [0, 0.05) is 0 Å². The van der Waals surface area contributed by atoms with Gasteiger partial charge in [-0.15, -0.1) is 0 Å². The molecule has 0 unspecified atom stereocenters. The monoisotopic (exact) mass is 398 g/mol. The molecule has 0 aromatic carbocycles. The summed E-state index contributed by atoms with van der Waals surface area (Å²) >= 11 is -1.77. The number of carbonyl (C=O) groups excluding carboxylic acids is 1. The normalized spacial score (nSPS) is 13.1. The summed E-state index contributed by atoms with van der Waals surface area (Å²) in [5, 5.41) is 0. The van der Waals surface area contributed by atoms with Crippen molar-refractivity contribution in [2.45, 2.75) is 52.6 Å². The summed E-state index contributed by atoms with van der Waals surface area (Å²) < 4.78 is 5.04. The second-order valence-electron chi connectivity index (χ2n) is 5.04. The van der Waals surface area contributed by atoms with Crippen molar-refractivity contribution in [2.75, 3.05) is 0 Å². The number of halogens is 2. The third-order valence-corrected chi connectivity index (χ3v) is 19.6. The molecule has 0 saturated heterocycles. The second-order valence-corrected chi connectivity index (χ2v) is 23.5. The quantitative estimate of drug-likeness (QED) is 0.475. The summed E-state index contributed by atoms with van der Waals surface area (Å²) in [7, 11) is 0. The average molecular weight is 401 g/mol. The number of rotatable bonds is 6. The number of hydrogen-bond acceptors (Lipinski definition) is 1. The largest absolute Gasteiger partial charge is 1.00 e. The van der Waals surface area contributed by atoms with Crippen molar-refractivity contribution in [3.8, 4) is 0 Å². The Hall–Kier alpha value is 0.630. The van der Waals surface area contributed by atoms with E-state index < -0.39 is 27.1 Å². The number of allylic oxidation sites excluding steroid dienone is 4. The van der Waals surface area contributed by atoms with Gasteiger partial charge in [-0.05, 0) is 0 Å². The van der Waals surface area contributed by atoms with Crippen LogP contribution >= 0.6 is 0 Å². The molecule has 0 spiro atoms. The van der Waals surface area contributed by atoms with Gasteiger partial charge in [0.1, 0.15) is 0 Å². The first-order valence-corrected chi connectivity index (χ1v) is 16.2. The van der Waals surface area contributed by atoms with Crippen LogP contribution in [0.15, 0.2) is 21.0 Å². The first-order valence-electron chi connectivity index (χ1n) is 6.59. The maximum Gasteiger partial charge on any atom is -1.00 e. The molecule has 1 aliphatic rings. The summed E-state index contributed by atoms with van der Waals surface area (Å²) in [6.07, 6.45) is 8.60. The van der Waals surface area contributed by atoms with E-state index in [0.29, 0.717) is 5.91 Å². The molecule has 6 heteroatoms. The minimum absolute atomic E-state index is 0. The van der Waals surface area contributed by atoms with E-state index in [1.807, 2.05) is 0 Å². The van der Waals surface area contributed by atoms with Crippen LogP contribution in [0.25, 0.3) is 0 Å². The van der Waals surface area contributed by atoms with E-state index in [1.54, 1.807) is 3.28 Å². The Morgan fingerprint density at radius 2 is 2.05 bits per heavy atom. The zero-order valence-electron chi connectivity index (χ0n) is 12.2. The molecule has 1 rings (SSSR count). The SMILES string of the molecule is CCCCC(=O)[NH][Zr+2]([C]1=CC(C)=CC1)[SiH](C)C.[Cl-].[Cl-].